The highest BCUT2D eigenvalue weighted by atomic mass is 16.3. The van der Waals surface area contributed by atoms with Crippen LogP contribution in [0.3, 0.4) is 0 Å². The number of nitrogens with zero attached hydrogens (tertiary/aromatic N) is 1. The minimum absolute atomic E-state index is 0.0668. The number of hydrogen-bond donors (Lipinski definition) is 1. The summed E-state index contributed by atoms with van der Waals surface area (Å²) in [6, 6.07) is 0. The monoisotopic (exact) mass is 271 g/mol. The Kier molecular flexibility index (Phi) is 13.4. The Bertz CT molecular complexity index is 207. The number of aliphatic hydroxyl groups is 1. The zero-order chi connectivity index (χ0) is 14.3. The average Bonchev–Trinajstić information content (AvgIpc) is 2.42. The van der Waals surface area contributed by atoms with Crippen molar-refractivity contribution in [3.63, 3.8) is 0 Å². The summed E-state index contributed by atoms with van der Waals surface area (Å²) in [7, 11) is 0. The lowest BCUT2D eigenvalue weighted by molar-refractivity contribution is -0.131. The third kappa shape index (κ3) is 11.0. The summed E-state index contributed by atoms with van der Waals surface area (Å²) in [5.74, 6) is 0.194. The van der Waals surface area contributed by atoms with Gasteiger partial charge in [0.25, 0.3) is 0 Å². The molecule has 0 heterocycles. The van der Waals surface area contributed by atoms with Gasteiger partial charge in [0.2, 0.25) is 5.91 Å². The van der Waals surface area contributed by atoms with E-state index in [0.29, 0.717) is 19.5 Å². The highest BCUT2D eigenvalue weighted by Crippen LogP contribution is 2.11. The molecule has 3 nitrogen and oxygen atoms in total. The maximum atomic E-state index is 11.8. The number of likely N-dealkylation sites (N-methyl/N-ethyl adjacent to an activating group) is 1. The van der Waals surface area contributed by atoms with Gasteiger partial charge in [0, 0.05) is 19.5 Å². The van der Waals surface area contributed by atoms with Crippen molar-refractivity contribution < 1.29 is 9.90 Å². The van der Waals surface area contributed by atoms with Crippen LogP contribution in [0.25, 0.3) is 0 Å². The van der Waals surface area contributed by atoms with Gasteiger partial charge in [-0.05, 0) is 13.3 Å². The van der Waals surface area contributed by atoms with Crippen molar-refractivity contribution in [2.24, 2.45) is 0 Å². The molecular formula is C16H33NO2. The molecule has 0 aromatic carbocycles. The molecule has 0 aliphatic carbocycles. The Morgan fingerprint density at radius 3 is 1.89 bits per heavy atom. The predicted molar refractivity (Wildman–Crippen MR) is 81.2 cm³/mol. The third-order valence-electron chi connectivity index (χ3n) is 3.60. The highest BCUT2D eigenvalue weighted by Gasteiger charge is 2.09. The molecule has 0 radical (unpaired) electrons. The molecule has 0 fully saturated rings. The Hall–Kier alpha value is -0.570. The first-order valence-electron chi connectivity index (χ1n) is 8.14. The van der Waals surface area contributed by atoms with E-state index in [9.17, 15) is 4.79 Å². The van der Waals surface area contributed by atoms with Gasteiger partial charge < -0.3 is 10.0 Å². The minimum Gasteiger partial charge on any atom is -0.395 e. The van der Waals surface area contributed by atoms with Crippen molar-refractivity contribution in [1.29, 1.82) is 0 Å². The molecule has 0 unspecified atom stereocenters. The van der Waals surface area contributed by atoms with Gasteiger partial charge in [0.05, 0.1) is 6.61 Å². The molecule has 3 heteroatoms. The van der Waals surface area contributed by atoms with Crippen LogP contribution < -0.4 is 0 Å². The van der Waals surface area contributed by atoms with Crippen LogP contribution in [0.5, 0.6) is 0 Å². The summed E-state index contributed by atoms with van der Waals surface area (Å²) in [5.41, 5.74) is 0. The quantitative estimate of drug-likeness (QED) is 0.518. The topological polar surface area (TPSA) is 40.5 Å². The number of amides is 1. The van der Waals surface area contributed by atoms with Gasteiger partial charge in [-0.3, -0.25) is 4.79 Å². The van der Waals surface area contributed by atoms with Gasteiger partial charge in [-0.2, -0.15) is 0 Å². The van der Waals surface area contributed by atoms with E-state index in [0.717, 1.165) is 12.8 Å². The van der Waals surface area contributed by atoms with Crippen LogP contribution in [0.2, 0.25) is 0 Å². The first kappa shape index (κ1) is 18.4. The summed E-state index contributed by atoms with van der Waals surface area (Å²) < 4.78 is 0. The molecule has 0 aromatic rings. The second-order valence-corrected chi connectivity index (χ2v) is 5.28. The molecule has 0 aromatic heterocycles. The maximum Gasteiger partial charge on any atom is 0.222 e. The molecule has 0 atom stereocenters. The first-order chi connectivity index (χ1) is 9.26. The summed E-state index contributed by atoms with van der Waals surface area (Å²) >= 11 is 0. The number of carbonyl (C=O) groups excluding carboxylic acids is 1. The van der Waals surface area contributed by atoms with E-state index in [-0.39, 0.29) is 12.5 Å². The lowest BCUT2D eigenvalue weighted by atomic mass is 10.1. The lowest BCUT2D eigenvalue weighted by Crippen LogP contribution is -2.33. The lowest BCUT2D eigenvalue weighted by Gasteiger charge is -2.19. The van der Waals surface area contributed by atoms with E-state index in [1.807, 2.05) is 6.92 Å². The molecule has 0 aliphatic rings. The SMILES string of the molecule is CCCCCCCCCCCC(=O)N(CC)CCO. The highest BCUT2D eigenvalue weighted by molar-refractivity contribution is 5.76. The van der Waals surface area contributed by atoms with Gasteiger partial charge in [-0.25, -0.2) is 0 Å². The van der Waals surface area contributed by atoms with Gasteiger partial charge >= 0.3 is 0 Å². The molecule has 1 amide bonds. The number of hydrogen-bond acceptors (Lipinski definition) is 2. The second-order valence-electron chi connectivity index (χ2n) is 5.28. The molecule has 0 saturated heterocycles. The normalized spacial score (nSPS) is 10.7. The molecule has 1 N–H and O–H groups in total. The van der Waals surface area contributed by atoms with Crippen LogP contribution in [0.4, 0.5) is 0 Å². The number of unbranched alkanes of at least 4 members (excludes halogenated alkanes) is 8. The standard InChI is InChI=1S/C16H33NO2/c1-3-5-6-7-8-9-10-11-12-13-16(19)17(4-2)14-15-18/h18H,3-15H2,1-2H3. The zero-order valence-corrected chi connectivity index (χ0v) is 13.0. The predicted octanol–water partition coefficient (Wildman–Crippen LogP) is 3.75. The van der Waals surface area contributed by atoms with E-state index < -0.39 is 0 Å². The van der Waals surface area contributed by atoms with Crippen LogP contribution in [0.15, 0.2) is 0 Å². The number of carbonyl (C=O) groups is 1. The minimum atomic E-state index is 0.0668. The van der Waals surface area contributed by atoms with E-state index in [1.165, 1.54) is 44.9 Å². The summed E-state index contributed by atoms with van der Waals surface area (Å²) in [6.45, 7) is 5.46. The van der Waals surface area contributed by atoms with Crippen LogP contribution in [0, 0.1) is 0 Å². The van der Waals surface area contributed by atoms with Crippen LogP contribution in [0.1, 0.15) is 78.1 Å². The molecule has 0 saturated carbocycles. The van der Waals surface area contributed by atoms with Crippen LogP contribution in [-0.2, 0) is 4.79 Å². The fourth-order valence-corrected chi connectivity index (χ4v) is 2.32. The van der Waals surface area contributed by atoms with Crippen LogP contribution in [-0.4, -0.2) is 35.6 Å². The van der Waals surface area contributed by atoms with Crippen molar-refractivity contribution in [1.82, 2.24) is 4.90 Å². The Labute approximate surface area is 119 Å². The average molecular weight is 271 g/mol. The smallest absolute Gasteiger partial charge is 0.222 e. The third-order valence-corrected chi connectivity index (χ3v) is 3.60. The first-order valence-corrected chi connectivity index (χ1v) is 8.14. The van der Waals surface area contributed by atoms with E-state index in [1.54, 1.807) is 4.90 Å². The van der Waals surface area contributed by atoms with Crippen molar-refractivity contribution in [3.05, 3.63) is 0 Å². The molecule has 0 spiro atoms. The van der Waals surface area contributed by atoms with Gasteiger partial charge in [-0.1, -0.05) is 58.3 Å². The Balaban J connectivity index is 3.35. The molecule has 0 bridgehead atoms. The number of aliphatic hydroxyl groups excluding tert-OH is 1. The Morgan fingerprint density at radius 1 is 0.895 bits per heavy atom. The van der Waals surface area contributed by atoms with Gasteiger partial charge in [-0.15, -0.1) is 0 Å². The summed E-state index contributed by atoms with van der Waals surface area (Å²) in [6.07, 6.45) is 12.1. The van der Waals surface area contributed by atoms with Crippen molar-refractivity contribution in [3.8, 4) is 0 Å². The largest absolute Gasteiger partial charge is 0.395 e. The van der Waals surface area contributed by atoms with Gasteiger partial charge in [0.1, 0.15) is 0 Å². The van der Waals surface area contributed by atoms with Crippen molar-refractivity contribution in [2.45, 2.75) is 78.1 Å². The molecule has 19 heavy (non-hydrogen) atoms. The fourth-order valence-electron chi connectivity index (χ4n) is 2.32. The second kappa shape index (κ2) is 13.9. The van der Waals surface area contributed by atoms with Crippen molar-refractivity contribution in [2.75, 3.05) is 19.7 Å². The summed E-state index contributed by atoms with van der Waals surface area (Å²) in [5, 5.41) is 8.85. The molecular weight excluding hydrogens is 238 g/mol. The summed E-state index contributed by atoms with van der Waals surface area (Å²) in [4.78, 5) is 13.5. The molecule has 0 aliphatic heterocycles. The Morgan fingerprint density at radius 2 is 1.42 bits per heavy atom. The van der Waals surface area contributed by atoms with E-state index >= 15 is 0 Å². The molecule has 0 rings (SSSR count). The van der Waals surface area contributed by atoms with E-state index in [4.69, 9.17) is 5.11 Å². The number of rotatable bonds is 13. The van der Waals surface area contributed by atoms with Gasteiger partial charge in [0.15, 0.2) is 0 Å². The zero-order valence-electron chi connectivity index (χ0n) is 13.0. The molecule has 114 valence electrons. The van der Waals surface area contributed by atoms with Crippen molar-refractivity contribution >= 4 is 5.91 Å². The maximum absolute atomic E-state index is 11.8. The van der Waals surface area contributed by atoms with E-state index in [2.05, 4.69) is 6.92 Å². The van der Waals surface area contributed by atoms with Crippen LogP contribution >= 0.6 is 0 Å². The fraction of sp³-hybridized carbons (Fsp3) is 0.938.